The van der Waals surface area contributed by atoms with Gasteiger partial charge in [0.1, 0.15) is 0 Å². The number of amides is 1. The first-order valence-corrected chi connectivity index (χ1v) is 7.73. The van der Waals surface area contributed by atoms with Gasteiger partial charge in [-0.3, -0.25) is 9.59 Å². The molecule has 3 rings (SSSR count). The molecule has 23 heavy (non-hydrogen) atoms. The highest BCUT2D eigenvalue weighted by molar-refractivity contribution is 5.79. The van der Waals surface area contributed by atoms with Crippen molar-refractivity contribution in [3.63, 3.8) is 0 Å². The first-order chi connectivity index (χ1) is 11.1. The molecule has 1 aliphatic carbocycles. The van der Waals surface area contributed by atoms with Crippen LogP contribution in [0.5, 0.6) is 0 Å². The number of carbonyl (C=O) groups excluding carboxylic acids is 1. The lowest BCUT2D eigenvalue weighted by molar-refractivity contribution is -0.141. The smallest absolute Gasteiger partial charge is 0.306 e. The zero-order valence-corrected chi connectivity index (χ0v) is 12.7. The molecular weight excluding hydrogens is 294 g/mol. The molecule has 0 spiro atoms. The normalized spacial score (nSPS) is 20.3. The van der Waals surface area contributed by atoms with Crippen LogP contribution in [0.1, 0.15) is 24.8 Å². The zero-order valence-electron chi connectivity index (χ0n) is 12.7. The number of nitrogens with one attached hydrogen (secondary N) is 1. The molecular formula is C17H19N3O3. The van der Waals surface area contributed by atoms with E-state index in [1.54, 1.807) is 10.9 Å². The molecule has 0 unspecified atom stereocenters. The maximum Gasteiger partial charge on any atom is 0.306 e. The Balaban J connectivity index is 1.53. The van der Waals surface area contributed by atoms with Gasteiger partial charge in [0.05, 0.1) is 18.0 Å². The van der Waals surface area contributed by atoms with Crippen LogP contribution in [-0.2, 0) is 16.0 Å². The van der Waals surface area contributed by atoms with Gasteiger partial charge >= 0.3 is 5.97 Å². The molecule has 1 aliphatic rings. The molecule has 1 amide bonds. The third-order valence-corrected chi connectivity index (χ3v) is 4.22. The summed E-state index contributed by atoms with van der Waals surface area (Å²) < 4.78 is 1.76. The van der Waals surface area contributed by atoms with E-state index < -0.39 is 5.97 Å². The number of benzene rings is 1. The van der Waals surface area contributed by atoms with Crippen molar-refractivity contribution in [1.29, 1.82) is 0 Å². The quantitative estimate of drug-likeness (QED) is 0.881. The van der Waals surface area contributed by atoms with Crippen molar-refractivity contribution in [1.82, 2.24) is 15.1 Å². The van der Waals surface area contributed by atoms with Gasteiger partial charge in [-0.1, -0.05) is 12.1 Å². The van der Waals surface area contributed by atoms with Crippen molar-refractivity contribution in [2.75, 3.05) is 0 Å². The molecule has 2 atom stereocenters. The average Bonchev–Trinajstić information content (AvgIpc) is 3.19. The average molecular weight is 313 g/mol. The van der Waals surface area contributed by atoms with E-state index in [-0.39, 0.29) is 17.9 Å². The topological polar surface area (TPSA) is 84.2 Å². The number of carboxylic acid groups (broad SMARTS) is 1. The molecule has 2 aromatic rings. The highest BCUT2D eigenvalue weighted by atomic mass is 16.4. The molecule has 1 saturated carbocycles. The molecule has 6 nitrogen and oxygen atoms in total. The lowest BCUT2D eigenvalue weighted by Crippen LogP contribution is -2.34. The monoisotopic (exact) mass is 313 g/mol. The van der Waals surface area contributed by atoms with Crippen molar-refractivity contribution in [3.05, 3.63) is 48.3 Å². The Bertz CT molecular complexity index is 680. The van der Waals surface area contributed by atoms with Crippen LogP contribution in [-0.4, -0.2) is 32.8 Å². The van der Waals surface area contributed by atoms with Gasteiger partial charge in [0, 0.05) is 18.4 Å². The predicted molar refractivity (Wildman–Crippen MR) is 84.2 cm³/mol. The Morgan fingerprint density at radius 2 is 2.04 bits per heavy atom. The van der Waals surface area contributed by atoms with Crippen molar-refractivity contribution >= 4 is 11.9 Å². The number of hydrogen-bond donors (Lipinski definition) is 2. The van der Waals surface area contributed by atoms with E-state index in [0.29, 0.717) is 19.3 Å². The Morgan fingerprint density at radius 1 is 1.26 bits per heavy atom. The van der Waals surface area contributed by atoms with Gasteiger partial charge in [0.25, 0.3) is 0 Å². The molecule has 0 saturated heterocycles. The number of aliphatic carboxylic acids is 1. The number of nitrogens with zero attached hydrogens (tertiary/aromatic N) is 2. The molecule has 0 bridgehead atoms. The second kappa shape index (κ2) is 6.64. The van der Waals surface area contributed by atoms with Gasteiger partial charge in [-0.15, -0.1) is 0 Å². The maximum atomic E-state index is 12.1. The summed E-state index contributed by atoms with van der Waals surface area (Å²) in [5, 5.41) is 16.1. The van der Waals surface area contributed by atoms with Gasteiger partial charge in [0.2, 0.25) is 5.91 Å². The van der Waals surface area contributed by atoms with E-state index in [9.17, 15) is 9.59 Å². The number of carbonyl (C=O) groups is 2. The largest absolute Gasteiger partial charge is 0.481 e. The van der Waals surface area contributed by atoms with Gasteiger partial charge in [-0.2, -0.15) is 5.10 Å². The van der Waals surface area contributed by atoms with Gasteiger partial charge < -0.3 is 10.4 Å². The minimum Gasteiger partial charge on any atom is -0.481 e. The van der Waals surface area contributed by atoms with Crippen LogP contribution < -0.4 is 5.32 Å². The molecule has 2 N–H and O–H groups in total. The van der Waals surface area contributed by atoms with Crippen LogP contribution in [0.15, 0.2) is 42.7 Å². The third-order valence-electron chi connectivity index (χ3n) is 4.22. The Kier molecular flexibility index (Phi) is 4.41. The third kappa shape index (κ3) is 3.77. The van der Waals surface area contributed by atoms with Crippen LogP contribution in [0.3, 0.4) is 0 Å². The molecule has 1 fully saturated rings. The molecule has 1 aromatic heterocycles. The van der Waals surface area contributed by atoms with E-state index in [1.807, 2.05) is 36.5 Å². The molecule has 0 aliphatic heterocycles. The maximum absolute atomic E-state index is 12.1. The van der Waals surface area contributed by atoms with Crippen LogP contribution in [0.25, 0.3) is 5.69 Å². The van der Waals surface area contributed by atoms with Crippen LogP contribution in [0.4, 0.5) is 0 Å². The zero-order chi connectivity index (χ0) is 16.2. The molecule has 120 valence electrons. The van der Waals surface area contributed by atoms with E-state index in [1.165, 1.54) is 0 Å². The van der Waals surface area contributed by atoms with E-state index >= 15 is 0 Å². The van der Waals surface area contributed by atoms with Gasteiger partial charge in [0.15, 0.2) is 0 Å². The summed E-state index contributed by atoms with van der Waals surface area (Å²) in [6, 6.07) is 9.49. The van der Waals surface area contributed by atoms with Crippen molar-refractivity contribution in [3.8, 4) is 5.69 Å². The van der Waals surface area contributed by atoms with Crippen LogP contribution in [0.2, 0.25) is 0 Å². The number of rotatable bonds is 5. The summed E-state index contributed by atoms with van der Waals surface area (Å²) in [5.74, 6) is -1.16. The second-order valence-corrected chi connectivity index (χ2v) is 5.91. The van der Waals surface area contributed by atoms with Crippen molar-refractivity contribution in [2.45, 2.75) is 31.7 Å². The second-order valence-electron chi connectivity index (χ2n) is 5.91. The lowest BCUT2D eigenvalue weighted by atomic mass is 10.1. The van der Waals surface area contributed by atoms with Gasteiger partial charge in [-0.05, 0) is 43.0 Å². The predicted octanol–water partition coefficient (Wildman–Crippen LogP) is 1.78. The summed E-state index contributed by atoms with van der Waals surface area (Å²) in [6.07, 6.45) is 5.78. The fourth-order valence-corrected chi connectivity index (χ4v) is 2.99. The fourth-order valence-electron chi connectivity index (χ4n) is 2.99. The van der Waals surface area contributed by atoms with E-state index in [0.717, 1.165) is 17.7 Å². The van der Waals surface area contributed by atoms with Crippen LogP contribution >= 0.6 is 0 Å². The Labute approximate surface area is 134 Å². The summed E-state index contributed by atoms with van der Waals surface area (Å²) >= 11 is 0. The van der Waals surface area contributed by atoms with Crippen LogP contribution in [0, 0.1) is 5.92 Å². The summed E-state index contributed by atoms with van der Waals surface area (Å²) in [4.78, 5) is 23.0. The molecule has 1 heterocycles. The van der Waals surface area contributed by atoms with Crippen molar-refractivity contribution in [2.24, 2.45) is 5.92 Å². The minimum absolute atomic E-state index is 0.0213. The molecule has 1 aromatic carbocycles. The Morgan fingerprint density at radius 3 is 2.65 bits per heavy atom. The first kappa shape index (κ1) is 15.3. The standard InChI is InChI=1S/C17H19N3O3/c21-16(19-14-5-4-13(11-14)17(22)23)10-12-2-6-15(7-3-12)20-9-1-8-18-20/h1-3,6-9,13-14H,4-5,10-11H2,(H,19,21)(H,22,23)/t13-,14+/m1/s1. The van der Waals surface area contributed by atoms with Gasteiger partial charge in [-0.25, -0.2) is 4.68 Å². The molecule has 0 radical (unpaired) electrons. The lowest BCUT2D eigenvalue weighted by Gasteiger charge is -2.12. The summed E-state index contributed by atoms with van der Waals surface area (Å²) in [5.41, 5.74) is 1.87. The Hall–Kier alpha value is -2.63. The number of hydrogen-bond acceptors (Lipinski definition) is 3. The minimum atomic E-state index is -0.768. The van der Waals surface area contributed by atoms with Crippen molar-refractivity contribution < 1.29 is 14.7 Å². The number of aromatic nitrogens is 2. The first-order valence-electron chi connectivity index (χ1n) is 7.73. The number of carboxylic acids is 1. The van der Waals surface area contributed by atoms with E-state index in [2.05, 4.69) is 10.4 Å². The highest BCUT2D eigenvalue weighted by Gasteiger charge is 2.30. The summed E-state index contributed by atoms with van der Waals surface area (Å²) in [7, 11) is 0. The fraction of sp³-hybridized carbons (Fsp3) is 0.353. The molecule has 6 heteroatoms. The van der Waals surface area contributed by atoms with E-state index in [4.69, 9.17) is 5.11 Å². The highest BCUT2D eigenvalue weighted by Crippen LogP contribution is 2.25. The summed E-state index contributed by atoms with van der Waals surface area (Å²) in [6.45, 7) is 0. The SMILES string of the molecule is O=C(Cc1ccc(-n2cccn2)cc1)N[C@H]1CC[C@@H](C(=O)O)C1.